The van der Waals surface area contributed by atoms with Crippen LogP contribution in [0.4, 0.5) is 0 Å². The van der Waals surface area contributed by atoms with Crippen molar-refractivity contribution in [2.24, 2.45) is 11.8 Å². The molecule has 2 saturated heterocycles. The Morgan fingerprint density at radius 3 is 1.74 bits per heavy atom. The van der Waals surface area contributed by atoms with E-state index in [0.717, 1.165) is 0 Å². The molecule has 2 fully saturated rings. The number of rotatable bonds is 10. The van der Waals surface area contributed by atoms with Crippen LogP contribution in [-0.4, -0.2) is 85.7 Å². The van der Waals surface area contributed by atoms with Crippen molar-refractivity contribution in [1.82, 2.24) is 0 Å². The van der Waals surface area contributed by atoms with Crippen LogP contribution in [0.5, 0.6) is 0 Å². The molecule has 0 radical (unpaired) electrons. The highest BCUT2D eigenvalue weighted by Gasteiger charge is 2.60. The van der Waals surface area contributed by atoms with Gasteiger partial charge in [-0.2, -0.15) is 0 Å². The van der Waals surface area contributed by atoms with Crippen LogP contribution >= 0.6 is 0 Å². The third-order valence-electron chi connectivity index (χ3n) is 6.46. The van der Waals surface area contributed by atoms with Crippen LogP contribution in [0, 0.1) is 11.8 Å². The van der Waals surface area contributed by atoms with E-state index in [1.54, 1.807) is 13.8 Å². The normalized spacial score (nSPS) is 34.6. The second-order valence-electron chi connectivity index (χ2n) is 9.49. The van der Waals surface area contributed by atoms with Gasteiger partial charge in [0.25, 0.3) is 0 Å². The Balaban J connectivity index is 2.53. The van der Waals surface area contributed by atoms with Crippen LogP contribution in [0.3, 0.4) is 0 Å². The van der Waals surface area contributed by atoms with Gasteiger partial charge in [-0.1, -0.05) is 20.8 Å². The Kier molecular flexibility index (Phi) is 11.0. The topological polar surface area (TPSA) is 159 Å². The maximum Gasteiger partial charge on any atom is 0.303 e. The molecule has 0 aromatic heterocycles. The number of esters is 5. The van der Waals surface area contributed by atoms with Gasteiger partial charge in [0.1, 0.15) is 31.5 Å². The second-order valence-corrected chi connectivity index (χ2v) is 9.49. The molecule has 2 aliphatic heterocycles. The smallest absolute Gasteiger partial charge is 0.303 e. The molecule has 9 atom stereocenters. The minimum Gasteiger partial charge on any atom is -0.463 e. The molecular weight excluding hydrogens is 508 g/mol. The summed E-state index contributed by atoms with van der Waals surface area (Å²) >= 11 is 0. The Bertz CT molecular complexity index is 888. The van der Waals surface area contributed by atoms with Crippen molar-refractivity contribution >= 4 is 29.8 Å². The van der Waals surface area contributed by atoms with E-state index < -0.39 is 85.0 Å². The average molecular weight is 547 g/mol. The summed E-state index contributed by atoms with van der Waals surface area (Å²) in [4.78, 5) is 59.1. The van der Waals surface area contributed by atoms with Gasteiger partial charge in [0.15, 0.2) is 6.10 Å². The molecule has 13 heteroatoms. The minimum absolute atomic E-state index is 0.285. The fourth-order valence-electron chi connectivity index (χ4n) is 4.72. The van der Waals surface area contributed by atoms with Crippen LogP contribution in [-0.2, 0) is 61.9 Å². The number of carbonyl (C=O) groups is 5. The molecule has 2 heterocycles. The standard InChI is InChI=1S/C25H38O13/c1-9-19-12(2)21(33-16(6)28)23(35-18(8)30)24(36-19)38-25(11-32-15(5)27)13(3)22(34-17(7)29)20(37-25)10-31-14(4)26/h12-13,19-24H,9-11H2,1-8H3/t12-,13+,19?,20-,21+,22+,23?,24-,25+/m1/s1. The maximum atomic E-state index is 12.0. The molecule has 0 aromatic carbocycles. The summed E-state index contributed by atoms with van der Waals surface area (Å²) in [5.41, 5.74) is 0. The predicted octanol–water partition coefficient (Wildman–Crippen LogP) is 1.43. The Hall–Kier alpha value is -2.77. The number of ether oxygens (including phenoxy) is 8. The van der Waals surface area contributed by atoms with Gasteiger partial charge in [-0.25, -0.2) is 0 Å². The first kappa shape index (κ1) is 31.4. The van der Waals surface area contributed by atoms with E-state index in [1.165, 1.54) is 34.6 Å². The van der Waals surface area contributed by atoms with Crippen molar-refractivity contribution < 1.29 is 61.9 Å². The van der Waals surface area contributed by atoms with Crippen molar-refractivity contribution in [1.29, 1.82) is 0 Å². The molecule has 2 unspecified atom stereocenters. The van der Waals surface area contributed by atoms with Gasteiger partial charge < -0.3 is 37.9 Å². The largest absolute Gasteiger partial charge is 0.463 e. The van der Waals surface area contributed by atoms with Crippen molar-refractivity contribution in [3.63, 3.8) is 0 Å². The zero-order valence-corrected chi connectivity index (χ0v) is 23.0. The van der Waals surface area contributed by atoms with Gasteiger partial charge in [0.2, 0.25) is 12.1 Å². The zero-order chi connectivity index (χ0) is 28.8. The predicted molar refractivity (Wildman–Crippen MR) is 126 cm³/mol. The summed E-state index contributed by atoms with van der Waals surface area (Å²) < 4.78 is 45.5. The van der Waals surface area contributed by atoms with Gasteiger partial charge >= 0.3 is 29.8 Å². The molecule has 2 aliphatic rings. The van der Waals surface area contributed by atoms with Crippen molar-refractivity contribution in [3.8, 4) is 0 Å². The molecule has 0 bridgehead atoms. The fraction of sp³-hybridized carbons (Fsp3) is 0.800. The summed E-state index contributed by atoms with van der Waals surface area (Å²) in [6, 6.07) is 0. The first-order chi connectivity index (χ1) is 17.7. The molecular formula is C25H38O13. The average Bonchev–Trinajstić information content (AvgIpc) is 3.05. The lowest BCUT2D eigenvalue weighted by atomic mass is 9.88. The molecule has 2 rings (SSSR count). The molecule has 0 amide bonds. The molecule has 13 nitrogen and oxygen atoms in total. The van der Waals surface area contributed by atoms with Gasteiger partial charge in [0.05, 0.1) is 12.0 Å². The molecule has 216 valence electrons. The van der Waals surface area contributed by atoms with Gasteiger partial charge in [0, 0.05) is 40.5 Å². The fourth-order valence-corrected chi connectivity index (χ4v) is 4.72. The quantitative estimate of drug-likeness (QED) is 0.286. The summed E-state index contributed by atoms with van der Waals surface area (Å²) in [5, 5.41) is 0. The van der Waals surface area contributed by atoms with Crippen LogP contribution in [0.25, 0.3) is 0 Å². The van der Waals surface area contributed by atoms with E-state index in [0.29, 0.717) is 6.42 Å². The minimum atomic E-state index is -1.79. The first-order valence-corrected chi connectivity index (χ1v) is 12.5. The monoisotopic (exact) mass is 546 g/mol. The van der Waals surface area contributed by atoms with Crippen LogP contribution in [0.1, 0.15) is 61.8 Å². The van der Waals surface area contributed by atoms with Gasteiger partial charge in [-0.15, -0.1) is 0 Å². The SMILES string of the molecule is CCC1O[C@H](O[C@]2(COC(C)=O)O[C@H](COC(C)=O)[C@@H](OC(C)=O)[C@@H]2C)C(OC(C)=O)[C@@H](OC(C)=O)[C@@H]1C. The van der Waals surface area contributed by atoms with Crippen LogP contribution in [0.2, 0.25) is 0 Å². The third kappa shape index (κ3) is 7.87. The van der Waals surface area contributed by atoms with Gasteiger partial charge in [-0.3, -0.25) is 24.0 Å². The van der Waals surface area contributed by atoms with Crippen molar-refractivity contribution in [2.75, 3.05) is 13.2 Å². The molecule has 0 aromatic rings. The van der Waals surface area contributed by atoms with Crippen molar-refractivity contribution in [2.45, 2.75) is 104 Å². The van der Waals surface area contributed by atoms with E-state index in [9.17, 15) is 24.0 Å². The molecule has 38 heavy (non-hydrogen) atoms. The lowest BCUT2D eigenvalue weighted by Gasteiger charge is -2.46. The van der Waals surface area contributed by atoms with Crippen LogP contribution < -0.4 is 0 Å². The maximum absolute atomic E-state index is 12.0. The Morgan fingerprint density at radius 1 is 0.711 bits per heavy atom. The zero-order valence-electron chi connectivity index (χ0n) is 23.0. The van der Waals surface area contributed by atoms with E-state index in [2.05, 4.69) is 0 Å². The summed E-state index contributed by atoms with van der Waals surface area (Å²) in [7, 11) is 0. The third-order valence-corrected chi connectivity index (χ3v) is 6.46. The molecule has 0 spiro atoms. The summed E-state index contributed by atoms with van der Waals surface area (Å²) in [6.45, 7) is 10.6. The Labute approximate surface area is 221 Å². The summed E-state index contributed by atoms with van der Waals surface area (Å²) in [6.07, 6.45) is -5.41. The number of carbonyl (C=O) groups excluding carboxylic acids is 5. The Morgan fingerprint density at radius 2 is 1.24 bits per heavy atom. The lowest BCUT2D eigenvalue weighted by Crippen LogP contribution is -2.60. The van der Waals surface area contributed by atoms with Crippen LogP contribution in [0.15, 0.2) is 0 Å². The second kappa shape index (κ2) is 13.3. The molecule has 0 aliphatic carbocycles. The van der Waals surface area contributed by atoms with E-state index in [1.807, 2.05) is 6.92 Å². The van der Waals surface area contributed by atoms with E-state index in [-0.39, 0.29) is 12.5 Å². The van der Waals surface area contributed by atoms with Crippen molar-refractivity contribution in [3.05, 3.63) is 0 Å². The van der Waals surface area contributed by atoms with Gasteiger partial charge in [-0.05, 0) is 6.42 Å². The van der Waals surface area contributed by atoms with E-state index in [4.69, 9.17) is 37.9 Å². The molecule has 0 saturated carbocycles. The lowest BCUT2D eigenvalue weighted by molar-refractivity contribution is -0.374. The first-order valence-electron chi connectivity index (χ1n) is 12.5. The highest BCUT2D eigenvalue weighted by Crippen LogP contribution is 2.43. The number of hydrogen-bond acceptors (Lipinski definition) is 13. The molecule has 0 N–H and O–H groups in total. The number of hydrogen-bond donors (Lipinski definition) is 0. The van der Waals surface area contributed by atoms with E-state index >= 15 is 0 Å². The highest BCUT2D eigenvalue weighted by atomic mass is 16.8. The highest BCUT2D eigenvalue weighted by molar-refractivity contribution is 5.68. The summed E-state index contributed by atoms with van der Waals surface area (Å²) in [5.74, 6) is -6.07.